The summed E-state index contributed by atoms with van der Waals surface area (Å²) < 4.78 is 36.4. The number of halogens is 1. The maximum Gasteiger partial charge on any atom is 0.238 e. The molecule has 0 aliphatic carbocycles. The van der Waals surface area contributed by atoms with Crippen LogP contribution >= 0.6 is 11.3 Å². The lowest BCUT2D eigenvalue weighted by Gasteiger charge is -2.22. The van der Waals surface area contributed by atoms with Crippen LogP contribution in [0.25, 0.3) is 0 Å². The Morgan fingerprint density at radius 3 is 2.42 bits per heavy atom. The highest BCUT2D eigenvalue weighted by Gasteiger charge is 2.30. The number of benzene rings is 1. The number of nitrogens with zero attached hydrogens (tertiary/aromatic N) is 2. The smallest absolute Gasteiger partial charge is 0.238 e. The van der Waals surface area contributed by atoms with Gasteiger partial charge in [0, 0.05) is 5.56 Å². The number of rotatable bonds is 8. The summed E-state index contributed by atoms with van der Waals surface area (Å²) in [5.41, 5.74) is -0.592. The van der Waals surface area contributed by atoms with Gasteiger partial charge in [-0.25, -0.2) is 18.4 Å². The molecule has 0 saturated carbocycles. The molecule has 11 heteroatoms. The van der Waals surface area contributed by atoms with E-state index < -0.39 is 39.4 Å². The standard InChI is InChI=1S/C22H29FN4O4S2/c1-11(2)14-7-13(8-24)18(23)17(12(3)4)19(14)27-16(29)10-33(25,31)20-15(9-28)26-21(32-20)22(5,6)30/h7,11-12,25,28,30H,9-10H2,1-6H3,(H,27,29)/t33-/m0/s1. The van der Waals surface area contributed by atoms with Crippen LogP contribution in [-0.4, -0.2) is 31.1 Å². The van der Waals surface area contributed by atoms with Crippen molar-refractivity contribution in [3.8, 4) is 6.07 Å². The Kier molecular flexibility index (Phi) is 8.02. The minimum Gasteiger partial charge on any atom is -0.390 e. The molecule has 0 radical (unpaired) electrons. The fourth-order valence-electron chi connectivity index (χ4n) is 3.30. The molecule has 4 N–H and O–H groups in total. The van der Waals surface area contributed by atoms with Crippen LogP contribution in [0.5, 0.6) is 0 Å². The molecule has 33 heavy (non-hydrogen) atoms. The Morgan fingerprint density at radius 2 is 1.97 bits per heavy atom. The fourth-order valence-corrected chi connectivity index (χ4v) is 6.13. The van der Waals surface area contributed by atoms with Gasteiger partial charge in [-0.1, -0.05) is 27.7 Å². The van der Waals surface area contributed by atoms with Crippen LogP contribution in [0.2, 0.25) is 0 Å². The first-order valence-electron chi connectivity index (χ1n) is 10.3. The van der Waals surface area contributed by atoms with Crippen molar-refractivity contribution in [2.45, 2.75) is 69.8 Å². The zero-order valence-electron chi connectivity index (χ0n) is 19.4. The van der Waals surface area contributed by atoms with Crippen LogP contribution < -0.4 is 5.32 Å². The summed E-state index contributed by atoms with van der Waals surface area (Å²) in [4.78, 5) is 17.0. The Hall–Kier alpha value is -2.39. The van der Waals surface area contributed by atoms with Crippen molar-refractivity contribution in [2.24, 2.45) is 0 Å². The zero-order chi connectivity index (χ0) is 25.3. The normalized spacial score (nSPS) is 13.8. The lowest BCUT2D eigenvalue weighted by Crippen LogP contribution is -2.24. The topological polar surface area (TPSA) is 147 Å². The lowest BCUT2D eigenvalue weighted by molar-refractivity contribution is -0.113. The monoisotopic (exact) mass is 496 g/mol. The number of carbonyl (C=O) groups excluding carboxylic acids is 1. The van der Waals surface area contributed by atoms with Gasteiger partial charge >= 0.3 is 0 Å². The van der Waals surface area contributed by atoms with Gasteiger partial charge in [-0.2, -0.15) is 5.26 Å². The second-order valence-corrected chi connectivity index (χ2v) is 12.2. The van der Waals surface area contributed by atoms with Gasteiger partial charge in [0.05, 0.1) is 33.3 Å². The number of aromatic nitrogens is 1. The number of amides is 1. The molecule has 1 aromatic heterocycles. The molecular weight excluding hydrogens is 467 g/mol. The summed E-state index contributed by atoms with van der Waals surface area (Å²) in [6, 6.07) is 3.23. The van der Waals surface area contributed by atoms with Crippen molar-refractivity contribution in [2.75, 3.05) is 11.1 Å². The second-order valence-electron chi connectivity index (χ2n) is 8.88. The highest BCUT2D eigenvalue weighted by Crippen LogP contribution is 2.37. The van der Waals surface area contributed by atoms with E-state index in [1.807, 2.05) is 19.9 Å². The first-order valence-corrected chi connectivity index (χ1v) is 12.8. The summed E-state index contributed by atoms with van der Waals surface area (Å²) >= 11 is 0.810. The van der Waals surface area contributed by atoms with Gasteiger partial charge < -0.3 is 15.5 Å². The molecule has 1 heterocycles. The van der Waals surface area contributed by atoms with E-state index in [0.29, 0.717) is 5.56 Å². The van der Waals surface area contributed by atoms with Crippen molar-refractivity contribution >= 4 is 32.7 Å². The third kappa shape index (κ3) is 5.76. The molecule has 8 nitrogen and oxygen atoms in total. The highest BCUT2D eigenvalue weighted by molar-refractivity contribution is 7.95. The average molecular weight is 497 g/mol. The van der Waals surface area contributed by atoms with E-state index in [-0.39, 0.29) is 43.6 Å². The SMILES string of the molecule is CC(C)c1cc(C#N)c(F)c(C(C)C)c1NC(=O)C[S@](=N)(=O)c1sc(C(C)(C)O)nc1CO. The maximum absolute atomic E-state index is 15.0. The van der Waals surface area contributed by atoms with Crippen LogP contribution in [-0.2, 0) is 26.7 Å². The molecule has 1 aromatic carbocycles. The molecule has 0 bridgehead atoms. The van der Waals surface area contributed by atoms with Crippen LogP contribution in [0.15, 0.2) is 10.3 Å². The van der Waals surface area contributed by atoms with E-state index >= 15 is 0 Å². The van der Waals surface area contributed by atoms with Gasteiger partial charge in [0.2, 0.25) is 5.91 Å². The number of anilines is 1. The average Bonchev–Trinajstić information content (AvgIpc) is 3.13. The molecule has 2 rings (SSSR count). The third-order valence-electron chi connectivity index (χ3n) is 4.88. The Balaban J connectivity index is 2.49. The molecular formula is C22H29FN4O4S2. The van der Waals surface area contributed by atoms with E-state index in [1.165, 1.54) is 19.9 Å². The fraction of sp³-hybridized carbons (Fsp3) is 0.500. The minimum atomic E-state index is -3.72. The van der Waals surface area contributed by atoms with Crippen molar-refractivity contribution in [1.82, 2.24) is 4.98 Å². The summed E-state index contributed by atoms with van der Waals surface area (Å²) in [6.45, 7) is 9.47. The summed E-state index contributed by atoms with van der Waals surface area (Å²) in [6.07, 6.45) is 0. The second kappa shape index (κ2) is 9.85. The van der Waals surface area contributed by atoms with Crippen LogP contribution in [0.1, 0.15) is 80.8 Å². The van der Waals surface area contributed by atoms with Crippen molar-refractivity contribution < 1.29 is 23.6 Å². The first-order chi connectivity index (χ1) is 15.1. The van der Waals surface area contributed by atoms with Crippen LogP contribution in [0.3, 0.4) is 0 Å². The van der Waals surface area contributed by atoms with Gasteiger partial charge in [0.1, 0.15) is 32.5 Å². The van der Waals surface area contributed by atoms with E-state index in [2.05, 4.69) is 10.3 Å². The Bertz CT molecular complexity index is 1210. The molecule has 0 aliphatic rings. The van der Waals surface area contributed by atoms with Gasteiger partial charge in [0.25, 0.3) is 0 Å². The number of aliphatic hydroxyl groups is 2. The predicted octanol–water partition coefficient (Wildman–Crippen LogP) is 4.16. The summed E-state index contributed by atoms with van der Waals surface area (Å²) in [5, 5.41) is 31.9. The molecule has 1 atom stereocenters. The van der Waals surface area contributed by atoms with Crippen molar-refractivity contribution in [3.05, 3.63) is 39.3 Å². The van der Waals surface area contributed by atoms with Gasteiger partial charge in [-0.3, -0.25) is 4.79 Å². The molecule has 0 unspecified atom stereocenters. The van der Waals surface area contributed by atoms with E-state index in [0.717, 1.165) is 11.3 Å². The van der Waals surface area contributed by atoms with Gasteiger partial charge in [-0.05, 0) is 37.3 Å². The molecule has 0 fully saturated rings. The molecule has 0 saturated heterocycles. The largest absolute Gasteiger partial charge is 0.390 e. The number of carbonyl (C=O) groups is 1. The quantitative estimate of drug-likeness (QED) is 0.431. The number of nitriles is 1. The number of hydrogen-bond donors (Lipinski definition) is 4. The van der Waals surface area contributed by atoms with Gasteiger partial charge in [-0.15, -0.1) is 11.3 Å². The Morgan fingerprint density at radius 1 is 1.36 bits per heavy atom. The summed E-state index contributed by atoms with van der Waals surface area (Å²) in [5.74, 6) is -2.75. The molecule has 0 spiro atoms. The van der Waals surface area contributed by atoms with E-state index in [9.17, 15) is 28.9 Å². The molecule has 1 amide bonds. The number of hydrogen-bond acceptors (Lipinski definition) is 8. The number of nitrogens with one attached hydrogen (secondary N) is 2. The van der Waals surface area contributed by atoms with Crippen LogP contribution in [0.4, 0.5) is 10.1 Å². The first kappa shape index (κ1) is 26.9. The third-order valence-corrected chi connectivity index (χ3v) is 8.65. The number of thiazole rings is 1. The molecule has 2 aromatic rings. The van der Waals surface area contributed by atoms with Crippen molar-refractivity contribution in [3.63, 3.8) is 0 Å². The summed E-state index contributed by atoms with van der Waals surface area (Å²) in [7, 11) is -3.72. The highest BCUT2D eigenvalue weighted by atomic mass is 32.2. The van der Waals surface area contributed by atoms with E-state index in [1.54, 1.807) is 13.8 Å². The van der Waals surface area contributed by atoms with Gasteiger partial charge in [0.15, 0.2) is 0 Å². The lowest BCUT2D eigenvalue weighted by atomic mass is 9.89. The van der Waals surface area contributed by atoms with Crippen molar-refractivity contribution in [1.29, 1.82) is 10.0 Å². The minimum absolute atomic E-state index is 0.0277. The van der Waals surface area contributed by atoms with Crippen LogP contribution in [0, 0.1) is 21.9 Å². The predicted molar refractivity (Wildman–Crippen MR) is 125 cm³/mol. The maximum atomic E-state index is 15.0. The molecule has 0 aliphatic heterocycles. The Labute approximate surface area is 197 Å². The molecule has 180 valence electrons. The zero-order valence-corrected chi connectivity index (χ0v) is 21.1. The van der Waals surface area contributed by atoms with E-state index in [4.69, 9.17) is 4.78 Å². The number of aliphatic hydroxyl groups excluding tert-OH is 1.